The highest BCUT2D eigenvalue weighted by atomic mass is 16.5. The van der Waals surface area contributed by atoms with Gasteiger partial charge in [0.25, 0.3) is 0 Å². The van der Waals surface area contributed by atoms with E-state index in [4.69, 9.17) is 9.84 Å². The Labute approximate surface area is 209 Å². The number of rotatable bonds is 6. The minimum atomic E-state index is -0.0698. The van der Waals surface area contributed by atoms with Crippen LogP contribution in [0.5, 0.6) is 5.75 Å². The summed E-state index contributed by atoms with van der Waals surface area (Å²) in [4.78, 5) is 31.3. The smallest absolute Gasteiger partial charge is 0.227 e. The van der Waals surface area contributed by atoms with Crippen molar-refractivity contribution in [1.29, 1.82) is 0 Å². The fraction of sp³-hybridized carbons (Fsp3) is 0.286. The molecule has 2 aromatic heterocycles. The minimum Gasteiger partial charge on any atom is -0.497 e. The lowest BCUT2D eigenvalue weighted by Crippen LogP contribution is -2.39. The van der Waals surface area contributed by atoms with Crippen molar-refractivity contribution in [3.05, 3.63) is 71.9 Å². The number of hydrogen-bond donors (Lipinski definition) is 1. The van der Waals surface area contributed by atoms with Crippen LogP contribution in [-0.2, 0) is 4.79 Å². The van der Waals surface area contributed by atoms with Crippen molar-refractivity contribution < 1.29 is 14.3 Å². The predicted molar refractivity (Wildman–Crippen MR) is 140 cm³/mol. The summed E-state index contributed by atoms with van der Waals surface area (Å²) in [6.45, 7) is 5.01. The first kappa shape index (κ1) is 23.5. The van der Waals surface area contributed by atoms with Crippen molar-refractivity contribution in [3.8, 4) is 17.0 Å². The molecule has 3 heterocycles. The number of piperidine rings is 1. The van der Waals surface area contributed by atoms with E-state index in [1.54, 1.807) is 31.4 Å². The van der Waals surface area contributed by atoms with Gasteiger partial charge in [0.2, 0.25) is 5.91 Å². The van der Waals surface area contributed by atoms with Crippen molar-refractivity contribution in [2.45, 2.75) is 26.7 Å². The molecule has 1 fully saturated rings. The topological polar surface area (TPSA) is 88.8 Å². The van der Waals surface area contributed by atoms with Crippen LogP contribution in [-0.4, -0.2) is 46.5 Å². The summed E-state index contributed by atoms with van der Waals surface area (Å²) >= 11 is 0. The molecular weight excluding hydrogens is 454 g/mol. The standard InChI is InChI=1S/C28H29N5O3/c1-18-16-27(33-26(29-18)17-25(31-33)21-6-10-24(36-3)11-7-21)32-14-12-22(13-15-32)28(35)30-23-8-4-20(5-9-23)19(2)34/h4-11,16-17,22H,12-15H2,1-3H3,(H,30,35). The summed E-state index contributed by atoms with van der Waals surface area (Å²) in [6.07, 6.45) is 1.49. The molecule has 0 atom stereocenters. The van der Waals surface area contributed by atoms with E-state index in [0.29, 0.717) is 11.3 Å². The molecule has 0 aliphatic carbocycles. The number of methoxy groups -OCH3 is 1. The number of Topliss-reactive ketones (excluding diaryl/α,β-unsaturated/α-hetero) is 1. The minimum absolute atomic E-state index is 0.00834. The van der Waals surface area contributed by atoms with Crippen molar-refractivity contribution in [2.24, 2.45) is 5.92 Å². The van der Waals surface area contributed by atoms with Crippen LogP contribution in [0.2, 0.25) is 0 Å². The Balaban J connectivity index is 1.29. The van der Waals surface area contributed by atoms with Gasteiger partial charge < -0.3 is 15.0 Å². The Kier molecular flexibility index (Phi) is 6.41. The van der Waals surface area contributed by atoms with Gasteiger partial charge in [0, 0.05) is 53.6 Å². The average molecular weight is 484 g/mol. The van der Waals surface area contributed by atoms with Crippen LogP contribution < -0.4 is 15.0 Å². The van der Waals surface area contributed by atoms with Crippen LogP contribution >= 0.6 is 0 Å². The first-order valence-electron chi connectivity index (χ1n) is 12.1. The molecule has 1 amide bonds. The first-order valence-corrected chi connectivity index (χ1v) is 12.1. The van der Waals surface area contributed by atoms with Gasteiger partial charge in [-0.15, -0.1) is 0 Å². The maximum atomic E-state index is 12.9. The maximum absolute atomic E-state index is 12.9. The Morgan fingerprint density at radius 1 is 1.00 bits per heavy atom. The Bertz CT molecular complexity index is 1400. The zero-order chi connectivity index (χ0) is 25.2. The van der Waals surface area contributed by atoms with Crippen LogP contribution in [0.4, 0.5) is 11.5 Å². The highest BCUT2D eigenvalue weighted by molar-refractivity contribution is 5.96. The van der Waals surface area contributed by atoms with Crippen LogP contribution in [0.15, 0.2) is 60.7 Å². The highest BCUT2D eigenvalue weighted by Gasteiger charge is 2.27. The fourth-order valence-electron chi connectivity index (χ4n) is 4.61. The summed E-state index contributed by atoms with van der Waals surface area (Å²) in [6, 6.07) is 18.9. The second-order valence-corrected chi connectivity index (χ2v) is 9.17. The summed E-state index contributed by atoms with van der Waals surface area (Å²) < 4.78 is 7.16. The second kappa shape index (κ2) is 9.81. The molecule has 8 heteroatoms. The van der Waals surface area contributed by atoms with Gasteiger partial charge in [0.05, 0.1) is 12.8 Å². The molecular formula is C28H29N5O3. The number of carbonyl (C=O) groups excluding carboxylic acids is 2. The van der Waals surface area contributed by atoms with Gasteiger partial charge in [0.1, 0.15) is 11.6 Å². The fourth-order valence-corrected chi connectivity index (χ4v) is 4.61. The van der Waals surface area contributed by atoms with Crippen LogP contribution in [0, 0.1) is 12.8 Å². The lowest BCUT2D eigenvalue weighted by Gasteiger charge is -2.33. The zero-order valence-corrected chi connectivity index (χ0v) is 20.7. The number of ketones is 1. The van der Waals surface area contributed by atoms with Gasteiger partial charge in [0.15, 0.2) is 11.4 Å². The molecule has 0 bridgehead atoms. The predicted octanol–water partition coefficient (Wildman–Crippen LogP) is 4.77. The third-order valence-electron chi connectivity index (χ3n) is 6.67. The number of hydrogen-bond acceptors (Lipinski definition) is 6. The van der Waals surface area contributed by atoms with E-state index < -0.39 is 0 Å². The van der Waals surface area contributed by atoms with Gasteiger partial charge in [-0.1, -0.05) is 0 Å². The number of aromatic nitrogens is 3. The van der Waals surface area contributed by atoms with Crippen LogP contribution in [0.25, 0.3) is 16.9 Å². The molecule has 5 rings (SSSR count). The first-order chi connectivity index (χ1) is 17.4. The van der Waals surface area contributed by atoms with Crippen molar-refractivity contribution in [1.82, 2.24) is 14.6 Å². The van der Waals surface area contributed by atoms with E-state index in [1.807, 2.05) is 41.8 Å². The van der Waals surface area contributed by atoms with E-state index >= 15 is 0 Å². The molecule has 4 aromatic rings. The van der Waals surface area contributed by atoms with Crippen molar-refractivity contribution in [3.63, 3.8) is 0 Å². The number of aryl methyl sites for hydroxylation is 1. The zero-order valence-electron chi connectivity index (χ0n) is 20.7. The van der Waals surface area contributed by atoms with Gasteiger partial charge >= 0.3 is 0 Å². The van der Waals surface area contributed by atoms with E-state index in [-0.39, 0.29) is 17.6 Å². The molecule has 1 N–H and O–H groups in total. The summed E-state index contributed by atoms with van der Waals surface area (Å²) in [5.41, 5.74) is 4.91. The van der Waals surface area contributed by atoms with Crippen LogP contribution in [0.3, 0.4) is 0 Å². The number of amides is 1. The summed E-state index contributed by atoms with van der Waals surface area (Å²) in [7, 11) is 1.65. The monoisotopic (exact) mass is 483 g/mol. The molecule has 1 aliphatic rings. The molecule has 184 valence electrons. The van der Waals surface area contributed by atoms with Gasteiger partial charge in [-0.25, -0.2) is 4.98 Å². The number of carbonyl (C=O) groups is 2. The van der Waals surface area contributed by atoms with Gasteiger partial charge in [-0.2, -0.15) is 9.61 Å². The SMILES string of the molecule is COc1ccc(-c2cc3nc(C)cc(N4CCC(C(=O)Nc5ccc(C(C)=O)cc5)CC4)n3n2)cc1. The van der Waals surface area contributed by atoms with E-state index in [2.05, 4.69) is 21.3 Å². The summed E-state index contributed by atoms with van der Waals surface area (Å²) in [5, 5.41) is 7.85. The number of anilines is 2. The molecule has 8 nitrogen and oxygen atoms in total. The molecule has 1 saturated heterocycles. The van der Waals surface area contributed by atoms with Gasteiger partial charge in [-0.05, 0) is 75.2 Å². The largest absolute Gasteiger partial charge is 0.497 e. The van der Waals surface area contributed by atoms with Gasteiger partial charge in [-0.3, -0.25) is 9.59 Å². The molecule has 0 radical (unpaired) electrons. The number of fused-ring (bicyclic) bond motifs is 1. The number of nitrogens with zero attached hydrogens (tertiary/aromatic N) is 4. The molecule has 0 unspecified atom stereocenters. The lowest BCUT2D eigenvalue weighted by atomic mass is 9.95. The number of benzene rings is 2. The third kappa shape index (κ3) is 4.79. The Hall–Kier alpha value is -4.20. The summed E-state index contributed by atoms with van der Waals surface area (Å²) in [5.74, 6) is 1.74. The number of ether oxygens (including phenoxy) is 1. The average Bonchev–Trinajstić information content (AvgIpc) is 3.32. The normalized spacial score (nSPS) is 14.1. The molecule has 1 aliphatic heterocycles. The Morgan fingerprint density at radius 2 is 1.69 bits per heavy atom. The second-order valence-electron chi connectivity index (χ2n) is 9.17. The highest BCUT2D eigenvalue weighted by Crippen LogP contribution is 2.28. The van der Waals surface area contributed by atoms with Crippen molar-refractivity contribution >= 4 is 28.8 Å². The third-order valence-corrected chi connectivity index (χ3v) is 6.67. The molecule has 0 saturated carbocycles. The van der Waals surface area contributed by atoms with E-state index in [1.165, 1.54) is 6.92 Å². The maximum Gasteiger partial charge on any atom is 0.227 e. The quantitative estimate of drug-likeness (QED) is 0.398. The molecule has 2 aromatic carbocycles. The van der Waals surface area contributed by atoms with E-state index in [9.17, 15) is 9.59 Å². The molecule has 0 spiro atoms. The Morgan fingerprint density at radius 3 is 2.33 bits per heavy atom. The van der Waals surface area contributed by atoms with Crippen molar-refractivity contribution in [2.75, 3.05) is 30.4 Å². The van der Waals surface area contributed by atoms with Crippen LogP contribution in [0.1, 0.15) is 35.8 Å². The molecule has 36 heavy (non-hydrogen) atoms. The number of nitrogens with one attached hydrogen (secondary N) is 1. The lowest BCUT2D eigenvalue weighted by molar-refractivity contribution is -0.120. The van der Waals surface area contributed by atoms with E-state index in [0.717, 1.165) is 60.1 Å².